The van der Waals surface area contributed by atoms with E-state index in [1.165, 1.54) is 22.7 Å². The smallest absolute Gasteiger partial charge is 0.276 e. The van der Waals surface area contributed by atoms with Crippen LogP contribution in [-0.2, 0) is 16.6 Å². The average Bonchev–Trinajstić information content (AvgIpc) is 3.59. The molecule has 7 nitrogen and oxygen atoms in total. The molecule has 9 heteroatoms. The van der Waals surface area contributed by atoms with Crippen LogP contribution in [0.5, 0.6) is 0 Å². The Labute approximate surface area is 212 Å². The van der Waals surface area contributed by atoms with Gasteiger partial charge in [-0.3, -0.25) is 14.9 Å². The number of nitrogens with zero attached hydrogens (tertiary/aromatic N) is 3. The third kappa shape index (κ3) is 5.16. The van der Waals surface area contributed by atoms with Gasteiger partial charge in [0.25, 0.3) is 5.91 Å². The van der Waals surface area contributed by atoms with Gasteiger partial charge >= 0.3 is 0 Å². The predicted molar refractivity (Wildman–Crippen MR) is 141 cm³/mol. The largest absolute Gasteiger partial charge is 0.361 e. The minimum Gasteiger partial charge on any atom is -0.361 e. The number of anilines is 1. The number of para-hydroxylation sites is 1. The number of carbonyl (C=O) groups is 2. The molecule has 182 valence electrons. The van der Waals surface area contributed by atoms with E-state index in [4.69, 9.17) is 0 Å². The average molecular weight is 508 g/mol. The maximum atomic E-state index is 12.9. The first-order valence-electron chi connectivity index (χ1n) is 11.8. The lowest BCUT2D eigenvalue weighted by molar-refractivity contribution is -0.131. The number of rotatable bonds is 5. The van der Waals surface area contributed by atoms with E-state index in [0.717, 1.165) is 40.0 Å². The third-order valence-electron chi connectivity index (χ3n) is 6.46. The lowest BCUT2D eigenvalue weighted by atomic mass is 9.93. The minimum atomic E-state index is -0.228. The summed E-state index contributed by atoms with van der Waals surface area (Å²) in [7, 11) is 0. The first-order valence-corrected chi connectivity index (χ1v) is 13.6. The molecule has 0 unspecified atom stereocenters. The zero-order chi connectivity index (χ0) is 24.6. The van der Waals surface area contributed by atoms with Crippen LogP contribution in [0.1, 0.15) is 66.3 Å². The van der Waals surface area contributed by atoms with Crippen LogP contribution in [0, 0.1) is 0 Å². The summed E-state index contributed by atoms with van der Waals surface area (Å²) >= 11 is 2.95. The zero-order valence-electron chi connectivity index (χ0n) is 20.1. The van der Waals surface area contributed by atoms with Gasteiger partial charge in [0, 0.05) is 52.3 Å². The van der Waals surface area contributed by atoms with E-state index in [0.29, 0.717) is 30.3 Å². The Balaban J connectivity index is 1.16. The number of fused-ring (bicyclic) bond motifs is 1. The highest BCUT2D eigenvalue weighted by atomic mass is 32.1. The van der Waals surface area contributed by atoms with E-state index in [1.54, 1.807) is 0 Å². The number of nitrogens with one attached hydrogen (secondary N) is 2. The quantitative estimate of drug-likeness (QED) is 0.369. The molecule has 35 heavy (non-hydrogen) atoms. The van der Waals surface area contributed by atoms with Gasteiger partial charge < -0.3 is 9.88 Å². The fourth-order valence-corrected chi connectivity index (χ4v) is 6.25. The third-order valence-corrected chi connectivity index (χ3v) is 8.23. The molecule has 1 aliphatic rings. The van der Waals surface area contributed by atoms with Crippen molar-refractivity contribution in [2.24, 2.45) is 0 Å². The lowest BCUT2D eigenvalue weighted by Crippen LogP contribution is -2.38. The van der Waals surface area contributed by atoms with Crippen LogP contribution in [0.3, 0.4) is 0 Å². The fraction of sp³-hybridized carbons (Fsp3) is 0.385. The van der Waals surface area contributed by atoms with Crippen molar-refractivity contribution < 1.29 is 9.59 Å². The van der Waals surface area contributed by atoms with Crippen LogP contribution in [-0.4, -0.2) is 44.8 Å². The molecule has 1 aromatic carbocycles. The Morgan fingerprint density at radius 3 is 2.63 bits per heavy atom. The van der Waals surface area contributed by atoms with Gasteiger partial charge in [-0.25, -0.2) is 9.97 Å². The van der Waals surface area contributed by atoms with E-state index in [1.807, 2.05) is 40.1 Å². The van der Waals surface area contributed by atoms with Gasteiger partial charge in [0.1, 0.15) is 5.69 Å². The number of H-pyrrole nitrogens is 1. The van der Waals surface area contributed by atoms with Gasteiger partial charge in [-0.05, 0) is 24.5 Å². The van der Waals surface area contributed by atoms with Crippen LogP contribution < -0.4 is 5.32 Å². The Bertz CT molecular complexity index is 1360. The zero-order valence-corrected chi connectivity index (χ0v) is 21.8. The molecule has 0 bridgehead atoms. The SMILES string of the molecule is CC(C)(C)c1csc(NC(=O)c2csc(C3CCN(C(=O)Cc4c[nH]c5ccccc45)CC3)n2)n1. The number of aromatic nitrogens is 3. The van der Waals surface area contributed by atoms with Crippen molar-refractivity contribution in [1.29, 1.82) is 0 Å². The summed E-state index contributed by atoms with van der Waals surface area (Å²) in [4.78, 5) is 40.0. The molecular weight excluding hydrogens is 478 g/mol. The van der Waals surface area contributed by atoms with Crippen molar-refractivity contribution in [2.45, 2.75) is 51.4 Å². The predicted octanol–water partition coefficient (Wildman–Crippen LogP) is 5.58. The summed E-state index contributed by atoms with van der Waals surface area (Å²) in [5.41, 5.74) is 3.43. The van der Waals surface area contributed by atoms with Crippen molar-refractivity contribution in [1.82, 2.24) is 19.9 Å². The maximum absolute atomic E-state index is 12.9. The first kappa shape index (κ1) is 23.7. The normalized spacial score (nSPS) is 15.0. The summed E-state index contributed by atoms with van der Waals surface area (Å²) in [6.45, 7) is 7.72. The van der Waals surface area contributed by atoms with Gasteiger partial charge in [-0.2, -0.15) is 0 Å². The standard InChI is InChI=1S/C26H29N5O2S2/c1-26(2,3)21-15-35-25(29-21)30-23(33)20-14-34-24(28-20)16-8-10-31(11-9-16)22(32)12-17-13-27-19-7-5-4-6-18(17)19/h4-7,13-16,27H,8-12H2,1-3H3,(H,29,30,33). The van der Waals surface area contributed by atoms with Gasteiger partial charge in [-0.1, -0.05) is 39.0 Å². The number of hydrogen-bond donors (Lipinski definition) is 2. The molecule has 0 saturated carbocycles. The molecule has 1 aliphatic heterocycles. The Morgan fingerprint density at radius 1 is 1.11 bits per heavy atom. The molecule has 1 saturated heterocycles. The molecule has 3 aromatic heterocycles. The van der Waals surface area contributed by atoms with E-state index < -0.39 is 0 Å². The molecule has 2 amide bonds. The molecule has 4 aromatic rings. The van der Waals surface area contributed by atoms with E-state index in [2.05, 4.69) is 47.1 Å². The number of likely N-dealkylation sites (tertiary alicyclic amines) is 1. The number of hydrogen-bond acceptors (Lipinski definition) is 6. The topological polar surface area (TPSA) is 91.0 Å². The van der Waals surface area contributed by atoms with Crippen LogP contribution >= 0.6 is 22.7 Å². The highest BCUT2D eigenvalue weighted by Crippen LogP contribution is 2.31. The first-order chi connectivity index (χ1) is 16.8. The molecule has 4 heterocycles. The summed E-state index contributed by atoms with van der Waals surface area (Å²) in [5, 5.41) is 9.35. The maximum Gasteiger partial charge on any atom is 0.276 e. The number of piperidine rings is 1. The van der Waals surface area contributed by atoms with Crippen molar-refractivity contribution in [3.8, 4) is 0 Å². The van der Waals surface area contributed by atoms with Gasteiger partial charge in [0.2, 0.25) is 5.91 Å². The van der Waals surface area contributed by atoms with Crippen molar-refractivity contribution in [3.63, 3.8) is 0 Å². The molecule has 2 N–H and O–H groups in total. The fourth-order valence-electron chi connectivity index (χ4n) is 4.34. The molecule has 0 aliphatic carbocycles. The van der Waals surface area contributed by atoms with Crippen LogP contribution in [0.15, 0.2) is 41.2 Å². The molecule has 5 rings (SSSR count). The second-order valence-corrected chi connectivity index (χ2v) is 11.8. The minimum absolute atomic E-state index is 0.0566. The Kier molecular flexibility index (Phi) is 6.46. The Hall–Kier alpha value is -3.04. The monoisotopic (exact) mass is 507 g/mol. The van der Waals surface area contributed by atoms with Crippen molar-refractivity contribution in [3.05, 3.63) is 63.2 Å². The summed E-state index contributed by atoms with van der Waals surface area (Å²) in [5.74, 6) is 0.199. The molecule has 0 radical (unpaired) electrons. The Morgan fingerprint density at radius 2 is 1.89 bits per heavy atom. The second-order valence-electron chi connectivity index (χ2n) is 10.0. The van der Waals surface area contributed by atoms with Crippen molar-refractivity contribution in [2.75, 3.05) is 18.4 Å². The van der Waals surface area contributed by atoms with Crippen LogP contribution in [0.4, 0.5) is 5.13 Å². The number of thiazole rings is 2. The molecule has 1 fully saturated rings. The summed E-state index contributed by atoms with van der Waals surface area (Å²) in [6, 6.07) is 8.06. The van der Waals surface area contributed by atoms with Gasteiger partial charge in [0.15, 0.2) is 5.13 Å². The summed E-state index contributed by atoms with van der Waals surface area (Å²) in [6.07, 6.45) is 4.06. The highest BCUT2D eigenvalue weighted by molar-refractivity contribution is 7.14. The van der Waals surface area contributed by atoms with Crippen LogP contribution in [0.2, 0.25) is 0 Å². The molecule has 0 atom stereocenters. The van der Waals surface area contributed by atoms with Gasteiger partial charge in [-0.15, -0.1) is 22.7 Å². The lowest BCUT2D eigenvalue weighted by Gasteiger charge is -2.31. The molecular formula is C26H29N5O2S2. The number of benzene rings is 1. The number of carbonyl (C=O) groups excluding carboxylic acids is 2. The van der Waals surface area contributed by atoms with E-state index in [9.17, 15) is 9.59 Å². The van der Waals surface area contributed by atoms with E-state index in [-0.39, 0.29) is 23.1 Å². The number of amides is 2. The molecule has 0 spiro atoms. The second kappa shape index (κ2) is 9.54. The van der Waals surface area contributed by atoms with E-state index >= 15 is 0 Å². The van der Waals surface area contributed by atoms with Crippen LogP contribution in [0.25, 0.3) is 10.9 Å². The number of aromatic amines is 1. The highest BCUT2D eigenvalue weighted by Gasteiger charge is 2.27. The van der Waals surface area contributed by atoms with Crippen molar-refractivity contribution >= 4 is 50.5 Å². The van der Waals surface area contributed by atoms with Gasteiger partial charge in [0.05, 0.1) is 17.1 Å². The summed E-state index contributed by atoms with van der Waals surface area (Å²) < 4.78 is 0.